The maximum atomic E-state index is 12.5. The van der Waals surface area contributed by atoms with E-state index in [0.717, 1.165) is 16.1 Å². The number of hydrogen-bond acceptors (Lipinski definition) is 4. The lowest BCUT2D eigenvalue weighted by atomic mass is 10.1. The van der Waals surface area contributed by atoms with E-state index >= 15 is 0 Å². The van der Waals surface area contributed by atoms with Crippen molar-refractivity contribution in [2.24, 2.45) is 0 Å². The highest BCUT2D eigenvalue weighted by molar-refractivity contribution is 7.12. The Morgan fingerprint density at radius 2 is 2.53 bits per heavy atom. The predicted octanol–water partition coefficient (Wildman–Crippen LogP) is 1.99. The molecule has 2 aromatic rings. The van der Waals surface area contributed by atoms with Gasteiger partial charge < -0.3 is 9.64 Å². The molecule has 1 amide bonds. The molecule has 0 spiro atoms. The monoisotopic (exact) mass is 277 g/mol. The summed E-state index contributed by atoms with van der Waals surface area (Å²) < 4.78 is 5.52. The van der Waals surface area contributed by atoms with Crippen molar-refractivity contribution in [3.05, 3.63) is 39.8 Å². The minimum atomic E-state index is -0.0779. The van der Waals surface area contributed by atoms with E-state index in [2.05, 4.69) is 10.2 Å². The number of hydrogen-bond donors (Lipinski definition) is 1. The highest BCUT2D eigenvalue weighted by Gasteiger charge is 2.31. The standard InChI is InChI=1S/C13H15N3O2S/c1-9-7-14-15-12(9)10-8-18-5-4-16(10)13(17)11-3-2-6-19-11/h2-3,6-7,10H,4-5,8H2,1H3,(H,14,15). The van der Waals surface area contributed by atoms with Gasteiger partial charge in [-0.25, -0.2) is 0 Å². The van der Waals surface area contributed by atoms with Crippen molar-refractivity contribution >= 4 is 17.2 Å². The van der Waals surface area contributed by atoms with Crippen LogP contribution in [0.1, 0.15) is 27.0 Å². The van der Waals surface area contributed by atoms with Crippen LogP contribution in [0.15, 0.2) is 23.7 Å². The zero-order valence-corrected chi connectivity index (χ0v) is 11.4. The predicted molar refractivity (Wildman–Crippen MR) is 72.2 cm³/mol. The Bertz CT molecular complexity index is 564. The number of morpholine rings is 1. The summed E-state index contributed by atoms with van der Waals surface area (Å²) in [6, 6.07) is 3.68. The van der Waals surface area contributed by atoms with E-state index < -0.39 is 0 Å². The van der Waals surface area contributed by atoms with Gasteiger partial charge in [-0.05, 0) is 23.9 Å². The Morgan fingerprint density at radius 3 is 3.21 bits per heavy atom. The fourth-order valence-corrected chi connectivity index (χ4v) is 3.00. The number of thiophene rings is 1. The first kappa shape index (κ1) is 12.4. The van der Waals surface area contributed by atoms with E-state index in [0.29, 0.717) is 19.8 Å². The summed E-state index contributed by atoms with van der Waals surface area (Å²) >= 11 is 1.47. The van der Waals surface area contributed by atoms with Gasteiger partial charge in [-0.3, -0.25) is 9.89 Å². The van der Waals surface area contributed by atoms with Crippen molar-refractivity contribution in [1.82, 2.24) is 15.1 Å². The van der Waals surface area contributed by atoms with Crippen LogP contribution in [-0.4, -0.2) is 40.8 Å². The van der Waals surface area contributed by atoms with E-state index in [1.165, 1.54) is 11.3 Å². The Balaban J connectivity index is 1.90. The average molecular weight is 277 g/mol. The normalized spacial score (nSPS) is 19.6. The molecule has 1 atom stereocenters. The molecule has 100 valence electrons. The van der Waals surface area contributed by atoms with Crippen LogP contribution in [-0.2, 0) is 4.74 Å². The molecule has 0 aliphatic carbocycles. The molecule has 0 bridgehead atoms. The molecule has 1 unspecified atom stereocenters. The number of amides is 1. The molecule has 19 heavy (non-hydrogen) atoms. The number of rotatable bonds is 2. The summed E-state index contributed by atoms with van der Waals surface area (Å²) in [5.74, 6) is 0.0669. The fraction of sp³-hybridized carbons (Fsp3) is 0.385. The SMILES string of the molecule is Cc1cn[nH]c1C1COCCN1C(=O)c1cccs1. The molecule has 0 aromatic carbocycles. The van der Waals surface area contributed by atoms with Gasteiger partial charge in [-0.15, -0.1) is 11.3 Å². The van der Waals surface area contributed by atoms with Crippen molar-refractivity contribution in [1.29, 1.82) is 0 Å². The summed E-state index contributed by atoms with van der Waals surface area (Å²) in [7, 11) is 0. The summed E-state index contributed by atoms with van der Waals surface area (Å²) in [6.45, 7) is 3.70. The smallest absolute Gasteiger partial charge is 0.264 e. The van der Waals surface area contributed by atoms with E-state index in [4.69, 9.17) is 4.74 Å². The fourth-order valence-electron chi connectivity index (χ4n) is 2.32. The van der Waals surface area contributed by atoms with Gasteiger partial charge >= 0.3 is 0 Å². The maximum Gasteiger partial charge on any atom is 0.264 e. The maximum absolute atomic E-state index is 12.5. The lowest BCUT2D eigenvalue weighted by Gasteiger charge is -2.35. The topological polar surface area (TPSA) is 58.2 Å². The second kappa shape index (κ2) is 5.14. The molecular formula is C13H15N3O2S. The van der Waals surface area contributed by atoms with Crippen molar-refractivity contribution in [3.8, 4) is 0 Å². The molecule has 0 radical (unpaired) electrons. The Labute approximate surface area is 115 Å². The number of aryl methyl sites for hydroxylation is 1. The number of carbonyl (C=O) groups excluding carboxylic acids is 1. The van der Waals surface area contributed by atoms with Gasteiger partial charge in [0, 0.05) is 6.54 Å². The highest BCUT2D eigenvalue weighted by Crippen LogP contribution is 2.27. The molecule has 1 aliphatic rings. The zero-order valence-electron chi connectivity index (χ0n) is 10.6. The molecule has 1 aliphatic heterocycles. The van der Waals surface area contributed by atoms with E-state index in [9.17, 15) is 4.79 Å². The van der Waals surface area contributed by atoms with Crippen LogP contribution in [0, 0.1) is 6.92 Å². The molecule has 1 saturated heterocycles. The summed E-state index contributed by atoms with van der Waals surface area (Å²) in [5.41, 5.74) is 2.02. The quantitative estimate of drug-likeness (QED) is 0.913. The minimum absolute atomic E-state index is 0.0669. The van der Waals surface area contributed by atoms with E-state index in [-0.39, 0.29) is 11.9 Å². The molecule has 2 aromatic heterocycles. The van der Waals surface area contributed by atoms with Crippen molar-refractivity contribution < 1.29 is 9.53 Å². The van der Waals surface area contributed by atoms with Crippen LogP contribution in [0.25, 0.3) is 0 Å². The largest absolute Gasteiger partial charge is 0.377 e. The number of H-pyrrole nitrogens is 1. The molecule has 5 nitrogen and oxygen atoms in total. The minimum Gasteiger partial charge on any atom is -0.377 e. The summed E-state index contributed by atoms with van der Waals surface area (Å²) in [4.78, 5) is 15.2. The Kier molecular flexibility index (Phi) is 3.35. The van der Waals surface area contributed by atoms with E-state index in [1.54, 1.807) is 6.20 Å². The van der Waals surface area contributed by atoms with Crippen LogP contribution < -0.4 is 0 Å². The van der Waals surface area contributed by atoms with Gasteiger partial charge in [0.1, 0.15) is 0 Å². The van der Waals surface area contributed by atoms with Crippen LogP contribution in [0.3, 0.4) is 0 Å². The van der Waals surface area contributed by atoms with Gasteiger partial charge in [0.15, 0.2) is 0 Å². The molecular weight excluding hydrogens is 262 g/mol. The van der Waals surface area contributed by atoms with E-state index in [1.807, 2.05) is 29.3 Å². The van der Waals surface area contributed by atoms with Gasteiger partial charge in [0.25, 0.3) is 5.91 Å². The van der Waals surface area contributed by atoms with Gasteiger partial charge in [0.2, 0.25) is 0 Å². The molecule has 0 saturated carbocycles. The number of ether oxygens (including phenoxy) is 1. The van der Waals surface area contributed by atoms with Crippen LogP contribution >= 0.6 is 11.3 Å². The molecule has 1 N–H and O–H groups in total. The molecule has 6 heteroatoms. The van der Waals surface area contributed by atoms with Crippen molar-refractivity contribution in [2.45, 2.75) is 13.0 Å². The average Bonchev–Trinajstić information content (AvgIpc) is 3.09. The number of aromatic nitrogens is 2. The third-order valence-electron chi connectivity index (χ3n) is 3.32. The van der Waals surface area contributed by atoms with Crippen LogP contribution in [0.4, 0.5) is 0 Å². The molecule has 3 heterocycles. The second-order valence-corrected chi connectivity index (χ2v) is 5.48. The second-order valence-electron chi connectivity index (χ2n) is 4.53. The molecule has 3 rings (SSSR count). The first-order valence-corrected chi connectivity index (χ1v) is 7.07. The first-order chi connectivity index (χ1) is 9.27. The summed E-state index contributed by atoms with van der Waals surface area (Å²) in [6.07, 6.45) is 1.78. The van der Waals surface area contributed by atoms with Gasteiger partial charge in [0.05, 0.1) is 36.0 Å². The third-order valence-corrected chi connectivity index (χ3v) is 4.18. The van der Waals surface area contributed by atoms with Crippen molar-refractivity contribution in [3.63, 3.8) is 0 Å². The van der Waals surface area contributed by atoms with Crippen LogP contribution in [0.5, 0.6) is 0 Å². The van der Waals surface area contributed by atoms with Gasteiger partial charge in [-0.2, -0.15) is 5.10 Å². The van der Waals surface area contributed by atoms with Crippen LogP contribution in [0.2, 0.25) is 0 Å². The van der Waals surface area contributed by atoms with Crippen molar-refractivity contribution in [2.75, 3.05) is 19.8 Å². The lowest BCUT2D eigenvalue weighted by Crippen LogP contribution is -2.43. The number of nitrogens with one attached hydrogen (secondary N) is 1. The first-order valence-electron chi connectivity index (χ1n) is 6.19. The third kappa shape index (κ3) is 2.29. The number of aromatic amines is 1. The Hall–Kier alpha value is -1.66. The zero-order chi connectivity index (χ0) is 13.2. The number of carbonyl (C=O) groups is 1. The molecule has 1 fully saturated rings. The number of nitrogens with zero attached hydrogens (tertiary/aromatic N) is 2. The Morgan fingerprint density at radius 1 is 1.63 bits per heavy atom. The summed E-state index contributed by atoms with van der Waals surface area (Å²) in [5, 5.41) is 8.94. The lowest BCUT2D eigenvalue weighted by molar-refractivity contribution is -0.00381. The highest BCUT2D eigenvalue weighted by atomic mass is 32.1. The van der Waals surface area contributed by atoms with Gasteiger partial charge in [-0.1, -0.05) is 6.07 Å².